The second-order valence-corrected chi connectivity index (χ2v) is 7.17. The summed E-state index contributed by atoms with van der Waals surface area (Å²) in [5.74, 6) is 0. The summed E-state index contributed by atoms with van der Waals surface area (Å²) < 4.78 is 31.8. The Morgan fingerprint density at radius 1 is 1.35 bits per heavy atom. The Kier molecular flexibility index (Phi) is 4.07. The summed E-state index contributed by atoms with van der Waals surface area (Å²) in [6.45, 7) is 2.40. The van der Waals surface area contributed by atoms with Crippen molar-refractivity contribution in [2.45, 2.75) is 50.0 Å². The number of hydrogen-bond acceptors (Lipinski definition) is 4. The van der Waals surface area contributed by atoms with Crippen LogP contribution in [0.5, 0.6) is 0 Å². The quantitative estimate of drug-likeness (QED) is 0.797. The van der Waals surface area contributed by atoms with Crippen LogP contribution in [0.1, 0.15) is 32.6 Å². The molecule has 0 aromatic heterocycles. The first-order valence-corrected chi connectivity index (χ1v) is 7.79. The smallest absolute Gasteiger partial charge is 0.217 e. The Balaban J connectivity index is 2.12. The lowest BCUT2D eigenvalue weighted by Gasteiger charge is -2.37. The first-order chi connectivity index (χ1) is 8.05. The van der Waals surface area contributed by atoms with Gasteiger partial charge in [-0.05, 0) is 19.8 Å². The molecular weight excluding hydrogens is 242 g/mol. The molecule has 0 aromatic rings. The molecule has 2 atom stereocenters. The Morgan fingerprint density at radius 2 is 2.00 bits per heavy atom. The molecule has 2 rings (SSSR count). The highest BCUT2D eigenvalue weighted by Crippen LogP contribution is 2.29. The molecule has 5 nitrogen and oxygen atoms in total. The van der Waals surface area contributed by atoms with Gasteiger partial charge in [0.1, 0.15) is 0 Å². The van der Waals surface area contributed by atoms with Gasteiger partial charge in [-0.2, -0.15) is 4.31 Å². The standard InChI is InChI=1S/C11H21NO4S/c1-9-8-16-10(7-13)6-12(9)17(14,15)11-4-2-3-5-11/h9-11,13H,2-8H2,1H3. The van der Waals surface area contributed by atoms with Crippen LogP contribution >= 0.6 is 0 Å². The molecule has 6 heteroatoms. The van der Waals surface area contributed by atoms with Gasteiger partial charge in [0, 0.05) is 12.6 Å². The zero-order chi connectivity index (χ0) is 12.5. The third-order valence-corrected chi connectivity index (χ3v) is 6.18. The lowest BCUT2D eigenvalue weighted by atomic mass is 10.2. The number of nitrogens with zero attached hydrogens (tertiary/aromatic N) is 1. The molecule has 100 valence electrons. The fourth-order valence-corrected chi connectivity index (χ4v) is 4.88. The van der Waals surface area contributed by atoms with E-state index in [0.717, 1.165) is 25.7 Å². The molecule has 0 amide bonds. The minimum absolute atomic E-state index is 0.122. The van der Waals surface area contributed by atoms with Crippen molar-refractivity contribution in [3.05, 3.63) is 0 Å². The van der Waals surface area contributed by atoms with E-state index in [1.807, 2.05) is 6.92 Å². The Labute approximate surface area is 103 Å². The van der Waals surface area contributed by atoms with Crippen molar-refractivity contribution in [3.63, 3.8) is 0 Å². The molecule has 1 aliphatic heterocycles. The molecule has 0 radical (unpaired) electrons. The maximum atomic E-state index is 12.4. The zero-order valence-electron chi connectivity index (χ0n) is 10.2. The van der Waals surface area contributed by atoms with E-state index in [0.29, 0.717) is 6.61 Å². The molecular formula is C11H21NO4S. The Morgan fingerprint density at radius 3 is 2.59 bits per heavy atom. The molecule has 1 saturated heterocycles. The van der Waals surface area contributed by atoms with Crippen molar-refractivity contribution in [2.24, 2.45) is 0 Å². The monoisotopic (exact) mass is 263 g/mol. The summed E-state index contributed by atoms with van der Waals surface area (Å²) in [5.41, 5.74) is 0. The molecule has 2 fully saturated rings. The molecule has 2 unspecified atom stereocenters. The molecule has 2 aliphatic rings. The highest BCUT2D eigenvalue weighted by Gasteiger charge is 2.39. The average molecular weight is 263 g/mol. The summed E-state index contributed by atoms with van der Waals surface area (Å²) in [4.78, 5) is 0. The molecule has 0 spiro atoms. The van der Waals surface area contributed by atoms with E-state index >= 15 is 0 Å². The van der Waals surface area contributed by atoms with Crippen molar-refractivity contribution < 1.29 is 18.3 Å². The Hall–Kier alpha value is -0.170. The van der Waals surface area contributed by atoms with Gasteiger partial charge in [0.05, 0.1) is 24.6 Å². The van der Waals surface area contributed by atoms with E-state index in [1.54, 1.807) is 0 Å². The van der Waals surface area contributed by atoms with E-state index in [4.69, 9.17) is 9.84 Å². The molecule has 1 aliphatic carbocycles. The molecule has 0 aromatic carbocycles. The minimum Gasteiger partial charge on any atom is -0.394 e. The SMILES string of the molecule is CC1COC(CO)CN1S(=O)(=O)C1CCCC1. The second kappa shape index (κ2) is 5.22. The van der Waals surface area contributed by atoms with Crippen LogP contribution in [0.2, 0.25) is 0 Å². The summed E-state index contributed by atoms with van der Waals surface area (Å²) in [5, 5.41) is 8.86. The highest BCUT2D eigenvalue weighted by molar-refractivity contribution is 7.89. The van der Waals surface area contributed by atoms with Crippen molar-refractivity contribution >= 4 is 10.0 Å². The predicted molar refractivity (Wildman–Crippen MR) is 64.2 cm³/mol. The van der Waals surface area contributed by atoms with E-state index in [2.05, 4.69) is 0 Å². The van der Waals surface area contributed by atoms with Crippen molar-refractivity contribution in [2.75, 3.05) is 19.8 Å². The maximum Gasteiger partial charge on any atom is 0.217 e. The van der Waals surface area contributed by atoms with E-state index in [-0.39, 0.29) is 30.5 Å². The van der Waals surface area contributed by atoms with Crippen molar-refractivity contribution in [1.82, 2.24) is 4.31 Å². The van der Waals surface area contributed by atoms with Crippen LogP contribution in [0.3, 0.4) is 0 Å². The predicted octanol–water partition coefficient (Wildman–Crippen LogP) is 0.340. The fourth-order valence-electron chi connectivity index (χ4n) is 2.63. The third kappa shape index (κ3) is 2.65. The number of aliphatic hydroxyl groups excluding tert-OH is 1. The number of hydrogen-bond donors (Lipinski definition) is 1. The molecule has 17 heavy (non-hydrogen) atoms. The lowest BCUT2D eigenvalue weighted by Crippen LogP contribution is -2.54. The number of ether oxygens (including phenoxy) is 1. The number of rotatable bonds is 3. The first kappa shape index (κ1) is 13.3. The molecule has 0 bridgehead atoms. The van der Waals surface area contributed by atoms with Crippen molar-refractivity contribution in [3.8, 4) is 0 Å². The van der Waals surface area contributed by atoms with Crippen LogP contribution in [0.15, 0.2) is 0 Å². The van der Waals surface area contributed by atoms with E-state index < -0.39 is 10.0 Å². The average Bonchev–Trinajstić information content (AvgIpc) is 2.83. The lowest BCUT2D eigenvalue weighted by molar-refractivity contribution is -0.0518. The molecule has 1 heterocycles. The van der Waals surface area contributed by atoms with Crippen LogP contribution in [0.4, 0.5) is 0 Å². The summed E-state index contributed by atoms with van der Waals surface area (Å²) in [6.07, 6.45) is 3.19. The highest BCUT2D eigenvalue weighted by atomic mass is 32.2. The van der Waals surface area contributed by atoms with Gasteiger partial charge < -0.3 is 9.84 Å². The number of morpholine rings is 1. The van der Waals surface area contributed by atoms with Gasteiger partial charge in [0.2, 0.25) is 10.0 Å². The normalized spacial score (nSPS) is 33.1. The van der Waals surface area contributed by atoms with Gasteiger partial charge in [-0.15, -0.1) is 0 Å². The van der Waals surface area contributed by atoms with Crippen molar-refractivity contribution in [1.29, 1.82) is 0 Å². The summed E-state index contributed by atoms with van der Waals surface area (Å²) in [7, 11) is -3.21. The largest absolute Gasteiger partial charge is 0.394 e. The Bertz CT molecular complexity index is 350. The van der Waals surface area contributed by atoms with Gasteiger partial charge >= 0.3 is 0 Å². The first-order valence-electron chi connectivity index (χ1n) is 6.29. The topological polar surface area (TPSA) is 66.8 Å². The van der Waals surface area contributed by atoms with E-state index in [9.17, 15) is 8.42 Å². The van der Waals surface area contributed by atoms with E-state index in [1.165, 1.54) is 4.31 Å². The van der Waals surface area contributed by atoms with Crippen LogP contribution in [0.25, 0.3) is 0 Å². The van der Waals surface area contributed by atoms with Crippen LogP contribution < -0.4 is 0 Å². The number of aliphatic hydroxyl groups is 1. The maximum absolute atomic E-state index is 12.4. The molecule has 1 N–H and O–H groups in total. The third-order valence-electron chi connectivity index (χ3n) is 3.70. The summed E-state index contributed by atoms with van der Waals surface area (Å²) in [6, 6.07) is -0.122. The van der Waals surface area contributed by atoms with Gasteiger partial charge in [-0.1, -0.05) is 12.8 Å². The van der Waals surface area contributed by atoms with Crippen LogP contribution in [-0.4, -0.2) is 55.0 Å². The fraction of sp³-hybridized carbons (Fsp3) is 1.00. The summed E-state index contributed by atoms with van der Waals surface area (Å²) >= 11 is 0. The van der Waals surface area contributed by atoms with Crippen LogP contribution in [-0.2, 0) is 14.8 Å². The van der Waals surface area contributed by atoms with Gasteiger partial charge in [0.15, 0.2) is 0 Å². The van der Waals surface area contributed by atoms with Gasteiger partial charge in [-0.25, -0.2) is 8.42 Å². The van der Waals surface area contributed by atoms with Gasteiger partial charge in [-0.3, -0.25) is 0 Å². The zero-order valence-corrected chi connectivity index (χ0v) is 11.0. The minimum atomic E-state index is -3.21. The molecule has 1 saturated carbocycles. The van der Waals surface area contributed by atoms with Crippen LogP contribution in [0, 0.1) is 0 Å². The number of sulfonamides is 1. The second-order valence-electron chi connectivity index (χ2n) is 5.01. The van der Waals surface area contributed by atoms with Gasteiger partial charge in [0.25, 0.3) is 0 Å².